The van der Waals surface area contributed by atoms with Crippen molar-refractivity contribution in [3.8, 4) is 33.8 Å². The molecule has 3 heterocycles. The highest BCUT2D eigenvalue weighted by molar-refractivity contribution is 5.99. The standard InChI is InChI=1S/C31H26F2N6O/c1-31(2,3)14-26(40)35-21-11-19(15-34-16-21)18-12-23-27(24(33)13-18)38-39-29(23)30-36-25-6-4-5-22(28(25)37-30)17-7-9-20(32)10-8-17/h4-13,15-16H,14H2,1-3H3,(H,35,40)(H,36,37)(H,38,39). The first-order valence-corrected chi connectivity index (χ1v) is 12.8. The Labute approximate surface area is 228 Å². The van der Waals surface area contributed by atoms with E-state index in [0.717, 1.165) is 16.6 Å². The highest BCUT2D eigenvalue weighted by atomic mass is 19.1. The molecule has 0 aliphatic rings. The molecular weight excluding hydrogens is 510 g/mol. The van der Waals surface area contributed by atoms with E-state index in [9.17, 15) is 9.18 Å². The van der Waals surface area contributed by atoms with Gasteiger partial charge in [-0.25, -0.2) is 13.8 Å². The molecule has 6 aromatic rings. The van der Waals surface area contributed by atoms with Crippen LogP contribution in [0, 0.1) is 17.0 Å². The number of H-pyrrole nitrogens is 2. The van der Waals surface area contributed by atoms with Gasteiger partial charge in [-0.15, -0.1) is 0 Å². The van der Waals surface area contributed by atoms with Gasteiger partial charge in [-0.3, -0.25) is 14.9 Å². The lowest BCUT2D eigenvalue weighted by Crippen LogP contribution is -2.19. The fourth-order valence-electron chi connectivity index (χ4n) is 4.79. The normalized spacial score (nSPS) is 11.8. The molecule has 0 spiro atoms. The monoisotopic (exact) mass is 536 g/mol. The van der Waals surface area contributed by atoms with Crippen LogP contribution < -0.4 is 5.32 Å². The van der Waals surface area contributed by atoms with Crippen molar-refractivity contribution in [3.63, 3.8) is 0 Å². The zero-order valence-electron chi connectivity index (χ0n) is 22.1. The predicted molar refractivity (Wildman–Crippen MR) is 152 cm³/mol. The minimum absolute atomic E-state index is 0.116. The molecule has 0 unspecified atom stereocenters. The Morgan fingerprint density at radius 3 is 2.52 bits per heavy atom. The van der Waals surface area contributed by atoms with Crippen LogP contribution in [0.15, 0.2) is 73.1 Å². The number of carbonyl (C=O) groups is 1. The second-order valence-electron chi connectivity index (χ2n) is 11.0. The predicted octanol–water partition coefficient (Wildman–Crippen LogP) is 7.49. The van der Waals surface area contributed by atoms with E-state index < -0.39 is 5.82 Å². The van der Waals surface area contributed by atoms with Crippen molar-refractivity contribution >= 4 is 33.5 Å². The first-order valence-electron chi connectivity index (χ1n) is 12.8. The number of hydrogen-bond acceptors (Lipinski definition) is 4. The average Bonchev–Trinajstić information content (AvgIpc) is 3.52. The van der Waals surface area contributed by atoms with Gasteiger partial charge in [0.25, 0.3) is 0 Å². The lowest BCUT2D eigenvalue weighted by Gasteiger charge is -2.17. The maximum Gasteiger partial charge on any atom is 0.224 e. The SMILES string of the molecule is CC(C)(C)CC(=O)Nc1cncc(-c2cc(F)c3[nH]nc(-c4nc5c(-c6ccc(F)cc6)cccc5[nH]4)c3c2)c1. The van der Waals surface area contributed by atoms with Crippen molar-refractivity contribution in [1.82, 2.24) is 25.1 Å². The van der Waals surface area contributed by atoms with Crippen LogP contribution in [0.25, 0.3) is 55.7 Å². The topological polar surface area (TPSA) is 99.3 Å². The Bertz CT molecular complexity index is 1880. The third-order valence-corrected chi connectivity index (χ3v) is 6.56. The van der Waals surface area contributed by atoms with Gasteiger partial charge in [-0.2, -0.15) is 5.10 Å². The smallest absolute Gasteiger partial charge is 0.224 e. The number of aromatic amines is 2. The molecule has 0 saturated carbocycles. The van der Waals surface area contributed by atoms with E-state index in [1.165, 1.54) is 18.2 Å². The second kappa shape index (κ2) is 9.68. The van der Waals surface area contributed by atoms with Crippen LogP contribution in [0.5, 0.6) is 0 Å². The van der Waals surface area contributed by atoms with E-state index in [1.54, 1.807) is 30.6 Å². The molecule has 0 aliphatic heterocycles. The van der Waals surface area contributed by atoms with Crippen LogP contribution in [0.4, 0.5) is 14.5 Å². The quantitative estimate of drug-likeness (QED) is 0.213. The van der Waals surface area contributed by atoms with Gasteiger partial charge in [0.2, 0.25) is 5.91 Å². The number of carbonyl (C=O) groups excluding carboxylic acids is 1. The summed E-state index contributed by atoms with van der Waals surface area (Å²) in [5.41, 5.74) is 5.44. The lowest BCUT2D eigenvalue weighted by atomic mass is 9.92. The molecule has 6 rings (SSSR count). The molecule has 40 heavy (non-hydrogen) atoms. The Morgan fingerprint density at radius 2 is 1.75 bits per heavy atom. The molecule has 3 aromatic heterocycles. The molecule has 3 N–H and O–H groups in total. The molecule has 200 valence electrons. The zero-order chi connectivity index (χ0) is 28.0. The number of aromatic nitrogens is 5. The van der Waals surface area contributed by atoms with Gasteiger partial charge in [-0.1, -0.05) is 45.0 Å². The summed E-state index contributed by atoms with van der Waals surface area (Å²) in [6.45, 7) is 5.98. The van der Waals surface area contributed by atoms with E-state index in [2.05, 4.69) is 25.5 Å². The van der Waals surface area contributed by atoms with Gasteiger partial charge >= 0.3 is 0 Å². The van der Waals surface area contributed by atoms with E-state index in [0.29, 0.717) is 45.7 Å². The van der Waals surface area contributed by atoms with Crippen LogP contribution in [0.2, 0.25) is 0 Å². The molecule has 0 atom stereocenters. The van der Waals surface area contributed by atoms with Crippen LogP contribution in [-0.4, -0.2) is 31.1 Å². The largest absolute Gasteiger partial charge is 0.337 e. The van der Waals surface area contributed by atoms with Gasteiger partial charge in [0.05, 0.1) is 22.9 Å². The molecular formula is C31H26F2N6O. The summed E-state index contributed by atoms with van der Waals surface area (Å²) in [5.74, 6) is -0.437. The first kappa shape index (κ1) is 25.4. The average molecular weight is 537 g/mol. The van der Waals surface area contributed by atoms with Crippen molar-refractivity contribution in [1.29, 1.82) is 0 Å². The second-order valence-corrected chi connectivity index (χ2v) is 11.0. The maximum absolute atomic E-state index is 15.3. The van der Waals surface area contributed by atoms with Gasteiger partial charge in [0.15, 0.2) is 5.82 Å². The third kappa shape index (κ3) is 4.93. The van der Waals surface area contributed by atoms with Gasteiger partial charge in [-0.05, 0) is 52.9 Å². The molecule has 0 aliphatic carbocycles. The van der Waals surface area contributed by atoms with Crippen LogP contribution in [0.1, 0.15) is 27.2 Å². The summed E-state index contributed by atoms with van der Waals surface area (Å²) in [6.07, 6.45) is 3.54. The summed E-state index contributed by atoms with van der Waals surface area (Å²) in [6, 6.07) is 16.9. The van der Waals surface area contributed by atoms with Crippen LogP contribution in [0.3, 0.4) is 0 Å². The van der Waals surface area contributed by atoms with Crippen molar-refractivity contribution in [2.75, 3.05) is 5.32 Å². The number of anilines is 1. The molecule has 1 amide bonds. The molecule has 0 bridgehead atoms. The highest BCUT2D eigenvalue weighted by Crippen LogP contribution is 2.34. The fraction of sp³-hybridized carbons (Fsp3) is 0.161. The molecule has 0 radical (unpaired) electrons. The van der Waals surface area contributed by atoms with Crippen LogP contribution in [-0.2, 0) is 4.79 Å². The number of hydrogen-bond donors (Lipinski definition) is 3. The lowest BCUT2D eigenvalue weighted by molar-refractivity contribution is -0.117. The number of halogens is 2. The van der Waals surface area contributed by atoms with E-state index in [4.69, 9.17) is 4.98 Å². The van der Waals surface area contributed by atoms with Gasteiger partial charge < -0.3 is 10.3 Å². The van der Waals surface area contributed by atoms with Gasteiger partial charge in [0, 0.05) is 29.1 Å². The summed E-state index contributed by atoms with van der Waals surface area (Å²) in [4.78, 5) is 24.8. The Kier molecular flexibility index (Phi) is 6.14. The summed E-state index contributed by atoms with van der Waals surface area (Å²) in [7, 11) is 0. The molecule has 0 saturated heterocycles. The van der Waals surface area contributed by atoms with E-state index >= 15 is 4.39 Å². The Balaban J connectivity index is 1.39. The number of nitrogens with zero attached hydrogens (tertiary/aromatic N) is 3. The minimum Gasteiger partial charge on any atom is -0.337 e. The fourth-order valence-corrected chi connectivity index (χ4v) is 4.79. The number of nitrogens with one attached hydrogen (secondary N) is 3. The Hall–Kier alpha value is -4.92. The van der Waals surface area contributed by atoms with Crippen molar-refractivity contribution in [2.24, 2.45) is 5.41 Å². The first-order chi connectivity index (χ1) is 19.1. The summed E-state index contributed by atoms with van der Waals surface area (Å²) >= 11 is 0. The third-order valence-electron chi connectivity index (χ3n) is 6.56. The van der Waals surface area contributed by atoms with Crippen molar-refractivity contribution in [2.45, 2.75) is 27.2 Å². The Morgan fingerprint density at radius 1 is 0.950 bits per heavy atom. The number of amides is 1. The minimum atomic E-state index is -0.475. The summed E-state index contributed by atoms with van der Waals surface area (Å²) < 4.78 is 28.8. The van der Waals surface area contributed by atoms with E-state index in [-0.39, 0.29) is 22.7 Å². The number of rotatable bonds is 5. The number of benzene rings is 3. The number of fused-ring (bicyclic) bond motifs is 2. The molecule has 3 aromatic carbocycles. The number of pyridine rings is 1. The van der Waals surface area contributed by atoms with Crippen LogP contribution >= 0.6 is 0 Å². The zero-order valence-corrected chi connectivity index (χ0v) is 22.1. The number of imidazole rings is 1. The number of para-hydroxylation sites is 1. The van der Waals surface area contributed by atoms with Gasteiger partial charge in [0.1, 0.15) is 22.8 Å². The molecule has 7 nitrogen and oxygen atoms in total. The van der Waals surface area contributed by atoms with Crippen molar-refractivity contribution < 1.29 is 13.6 Å². The molecule has 0 fully saturated rings. The molecule has 9 heteroatoms. The summed E-state index contributed by atoms with van der Waals surface area (Å²) in [5, 5.41) is 10.6. The highest BCUT2D eigenvalue weighted by Gasteiger charge is 2.19. The van der Waals surface area contributed by atoms with Crippen molar-refractivity contribution in [3.05, 3.63) is 84.7 Å². The maximum atomic E-state index is 15.3. The van der Waals surface area contributed by atoms with E-state index in [1.807, 2.05) is 45.0 Å².